The fraction of sp³-hybridized carbons (Fsp3) is 0.500. The van der Waals surface area contributed by atoms with Crippen molar-refractivity contribution in [1.29, 1.82) is 0 Å². The van der Waals surface area contributed by atoms with E-state index in [-0.39, 0.29) is 11.8 Å². The molecule has 3 atom stereocenters. The topological polar surface area (TPSA) is 29.1 Å². The second kappa shape index (κ2) is 7.83. The van der Waals surface area contributed by atoms with Gasteiger partial charge >= 0.3 is 0 Å². The summed E-state index contributed by atoms with van der Waals surface area (Å²) in [6, 6.07) is 6.25. The number of carbonyl (C=O) groups is 1. The van der Waals surface area contributed by atoms with E-state index in [0.717, 1.165) is 49.8 Å². The fourth-order valence-electron chi connectivity index (χ4n) is 3.95. The van der Waals surface area contributed by atoms with E-state index in [2.05, 4.69) is 61.7 Å². The van der Waals surface area contributed by atoms with Crippen LogP contribution in [-0.2, 0) is 4.79 Å². The zero-order chi connectivity index (χ0) is 16.9. The summed E-state index contributed by atoms with van der Waals surface area (Å²) in [5, 5.41) is 3.19. The van der Waals surface area contributed by atoms with E-state index >= 15 is 0 Å². The summed E-state index contributed by atoms with van der Waals surface area (Å²) in [6.07, 6.45) is 16.0. The van der Waals surface area contributed by atoms with Gasteiger partial charge in [0.05, 0.1) is 0 Å². The van der Waals surface area contributed by atoms with Crippen molar-refractivity contribution in [3.63, 3.8) is 0 Å². The Labute approximate surface area is 146 Å². The summed E-state index contributed by atoms with van der Waals surface area (Å²) in [5.74, 6) is 1.55. The minimum atomic E-state index is 0.201. The number of anilines is 1. The van der Waals surface area contributed by atoms with Crippen LogP contribution in [0.15, 0.2) is 42.5 Å². The molecule has 0 aromatic heterocycles. The predicted octanol–water partition coefficient (Wildman–Crippen LogP) is 5.57. The number of rotatable bonds is 2. The molecule has 1 aromatic carbocycles. The molecule has 0 bridgehead atoms. The maximum Gasteiger partial charge on any atom is 0.228 e. The molecule has 0 radical (unpaired) electrons. The van der Waals surface area contributed by atoms with Crippen molar-refractivity contribution in [2.24, 2.45) is 17.8 Å². The first-order valence-corrected chi connectivity index (χ1v) is 9.35. The number of hydrogen-bond acceptors (Lipinski definition) is 1. The van der Waals surface area contributed by atoms with E-state index in [1.54, 1.807) is 0 Å². The molecule has 24 heavy (non-hydrogen) atoms. The van der Waals surface area contributed by atoms with Crippen LogP contribution >= 0.6 is 0 Å². The van der Waals surface area contributed by atoms with Crippen LogP contribution in [0.3, 0.4) is 0 Å². The maximum atomic E-state index is 12.8. The smallest absolute Gasteiger partial charge is 0.228 e. The van der Waals surface area contributed by atoms with Crippen LogP contribution in [0.1, 0.15) is 49.7 Å². The Kier molecular flexibility index (Phi) is 5.55. The van der Waals surface area contributed by atoms with Crippen molar-refractivity contribution < 1.29 is 4.79 Å². The second-order valence-corrected chi connectivity index (χ2v) is 7.34. The van der Waals surface area contributed by atoms with Crippen molar-refractivity contribution in [1.82, 2.24) is 0 Å². The molecular weight excluding hydrogens is 294 g/mol. The lowest BCUT2D eigenvalue weighted by Crippen LogP contribution is -2.16. The van der Waals surface area contributed by atoms with Crippen LogP contribution in [0, 0.1) is 31.6 Å². The molecule has 0 spiro atoms. The highest BCUT2D eigenvalue weighted by molar-refractivity contribution is 5.95. The van der Waals surface area contributed by atoms with Crippen LogP contribution in [0.4, 0.5) is 5.69 Å². The van der Waals surface area contributed by atoms with Gasteiger partial charge < -0.3 is 5.32 Å². The summed E-state index contributed by atoms with van der Waals surface area (Å²) < 4.78 is 0. The fourth-order valence-corrected chi connectivity index (χ4v) is 3.95. The van der Waals surface area contributed by atoms with Gasteiger partial charge in [-0.15, -0.1) is 0 Å². The van der Waals surface area contributed by atoms with Crippen LogP contribution in [-0.4, -0.2) is 5.91 Å². The third kappa shape index (κ3) is 4.17. The lowest BCUT2D eigenvalue weighted by molar-refractivity contribution is -0.117. The Balaban J connectivity index is 1.65. The number of nitrogens with one attached hydrogen (secondary N) is 1. The minimum absolute atomic E-state index is 0.201. The van der Waals surface area contributed by atoms with E-state index in [9.17, 15) is 4.79 Å². The number of aryl methyl sites for hydroxylation is 2. The van der Waals surface area contributed by atoms with Gasteiger partial charge in [0, 0.05) is 11.6 Å². The van der Waals surface area contributed by atoms with Gasteiger partial charge in [-0.2, -0.15) is 0 Å². The van der Waals surface area contributed by atoms with Crippen molar-refractivity contribution >= 4 is 11.6 Å². The number of allylic oxidation sites excluding steroid dienone is 4. The SMILES string of the molecule is Cc1ccc(C)c(NC(=O)C2[C@H]3CC/C=C\CC/C=C/CC[C@@H]23)c1. The average molecular weight is 323 g/mol. The molecule has 1 amide bonds. The van der Waals surface area contributed by atoms with Gasteiger partial charge in [-0.3, -0.25) is 4.79 Å². The van der Waals surface area contributed by atoms with Gasteiger partial charge in [-0.25, -0.2) is 0 Å². The normalized spacial score (nSPS) is 29.5. The van der Waals surface area contributed by atoms with Crippen LogP contribution < -0.4 is 5.32 Å². The third-order valence-electron chi connectivity index (χ3n) is 5.45. The van der Waals surface area contributed by atoms with Crippen LogP contribution in [0.2, 0.25) is 0 Å². The molecule has 1 aromatic rings. The molecule has 1 fully saturated rings. The number of amides is 1. The summed E-state index contributed by atoms with van der Waals surface area (Å²) in [4.78, 5) is 12.8. The lowest BCUT2D eigenvalue weighted by Gasteiger charge is -2.09. The average Bonchev–Trinajstić information content (AvgIpc) is 3.23. The molecule has 0 heterocycles. The summed E-state index contributed by atoms with van der Waals surface area (Å²) >= 11 is 0. The molecular formula is C22H29NO. The largest absolute Gasteiger partial charge is 0.326 e. The molecule has 2 aliphatic carbocycles. The summed E-state index contributed by atoms with van der Waals surface area (Å²) in [6.45, 7) is 4.12. The standard InChI is InChI=1S/C22H29NO/c1-16-13-14-17(2)20(15-16)23-22(24)21-18-11-9-7-5-3-4-6-8-10-12-19(18)21/h5-8,13-15,18-19,21H,3-4,9-12H2,1-2H3,(H,23,24)/b7-5-,8-6+/t18-,19+,21?/m0/s1. The van der Waals surface area contributed by atoms with Crippen molar-refractivity contribution in [2.75, 3.05) is 5.32 Å². The predicted molar refractivity (Wildman–Crippen MR) is 101 cm³/mol. The lowest BCUT2D eigenvalue weighted by atomic mass is 10.1. The molecule has 1 N–H and O–H groups in total. The number of hydrogen-bond donors (Lipinski definition) is 1. The molecule has 1 saturated carbocycles. The Morgan fingerprint density at radius 1 is 0.917 bits per heavy atom. The van der Waals surface area contributed by atoms with Gasteiger partial charge in [-0.05, 0) is 81.4 Å². The molecule has 3 rings (SSSR count). The number of fused-ring (bicyclic) bond motifs is 1. The monoisotopic (exact) mass is 323 g/mol. The number of carbonyl (C=O) groups excluding carboxylic acids is 1. The maximum absolute atomic E-state index is 12.8. The molecule has 2 heteroatoms. The Bertz CT molecular complexity index is 619. The van der Waals surface area contributed by atoms with E-state index in [0.29, 0.717) is 11.8 Å². The van der Waals surface area contributed by atoms with Gasteiger partial charge in [-0.1, -0.05) is 36.4 Å². The zero-order valence-corrected chi connectivity index (χ0v) is 14.9. The van der Waals surface area contributed by atoms with Gasteiger partial charge in [0.15, 0.2) is 0 Å². The number of benzene rings is 1. The quantitative estimate of drug-likeness (QED) is 0.708. The second-order valence-electron chi connectivity index (χ2n) is 7.34. The molecule has 2 nitrogen and oxygen atoms in total. The molecule has 0 aliphatic heterocycles. The van der Waals surface area contributed by atoms with Crippen molar-refractivity contribution in [3.8, 4) is 0 Å². The zero-order valence-electron chi connectivity index (χ0n) is 14.9. The highest BCUT2D eigenvalue weighted by Gasteiger charge is 2.52. The van der Waals surface area contributed by atoms with E-state index < -0.39 is 0 Å². The third-order valence-corrected chi connectivity index (χ3v) is 5.45. The first kappa shape index (κ1) is 17.0. The van der Waals surface area contributed by atoms with Crippen molar-refractivity contribution in [2.45, 2.75) is 52.4 Å². The van der Waals surface area contributed by atoms with Crippen LogP contribution in [0.5, 0.6) is 0 Å². The molecule has 0 saturated heterocycles. The van der Waals surface area contributed by atoms with E-state index in [1.165, 1.54) is 5.56 Å². The van der Waals surface area contributed by atoms with Gasteiger partial charge in [0.25, 0.3) is 0 Å². The molecule has 2 aliphatic rings. The highest BCUT2D eigenvalue weighted by atomic mass is 16.2. The Morgan fingerprint density at radius 2 is 1.50 bits per heavy atom. The first-order valence-electron chi connectivity index (χ1n) is 9.35. The molecule has 1 unspecified atom stereocenters. The Morgan fingerprint density at radius 3 is 2.12 bits per heavy atom. The highest BCUT2D eigenvalue weighted by Crippen LogP contribution is 2.52. The van der Waals surface area contributed by atoms with Gasteiger partial charge in [0.2, 0.25) is 5.91 Å². The van der Waals surface area contributed by atoms with Crippen LogP contribution in [0.25, 0.3) is 0 Å². The van der Waals surface area contributed by atoms with Crippen molar-refractivity contribution in [3.05, 3.63) is 53.6 Å². The minimum Gasteiger partial charge on any atom is -0.326 e. The molecule has 128 valence electrons. The summed E-state index contributed by atoms with van der Waals surface area (Å²) in [7, 11) is 0. The summed E-state index contributed by atoms with van der Waals surface area (Å²) in [5.41, 5.74) is 3.30. The van der Waals surface area contributed by atoms with E-state index in [4.69, 9.17) is 0 Å². The van der Waals surface area contributed by atoms with E-state index in [1.807, 2.05) is 0 Å². The first-order chi connectivity index (χ1) is 11.7. The van der Waals surface area contributed by atoms with Gasteiger partial charge in [0.1, 0.15) is 0 Å². The Hall–Kier alpha value is -1.83.